The quantitative estimate of drug-likeness (QED) is 0.270. The van der Waals surface area contributed by atoms with E-state index in [-0.39, 0.29) is 31.0 Å². The van der Waals surface area contributed by atoms with Gasteiger partial charge in [0.25, 0.3) is 5.91 Å². The maximum Gasteiger partial charge on any atom is 0.261 e. The largest absolute Gasteiger partial charge is 0.483 e. The molecular formula is C30H34BrClN2O3. The SMILES string of the molecule is CC(C)NC(=O)[C@@H](Cc1ccccc1)N(Cc1cccc(Cl)c1)C(=O)COc1ccc(C(C)C)cc1Br. The average Bonchev–Trinajstić information content (AvgIpc) is 2.85. The van der Waals surface area contributed by atoms with Crippen LogP contribution in [0.1, 0.15) is 50.3 Å². The van der Waals surface area contributed by atoms with Gasteiger partial charge in [-0.05, 0) is 76.7 Å². The zero-order chi connectivity index (χ0) is 26.9. The molecule has 196 valence electrons. The predicted octanol–water partition coefficient (Wildman–Crippen LogP) is 6.77. The van der Waals surface area contributed by atoms with Gasteiger partial charge in [0.15, 0.2) is 6.61 Å². The highest BCUT2D eigenvalue weighted by Gasteiger charge is 2.31. The van der Waals surface area contributed by atoms with Crippen molar-refractivity contribution >= 4 is 39.3 Å². The second-order valence-electron chi connectivity index (χ2n) is 9.65. The highest BCUT2D eigenvalue weighted by atomic mass is 79.9. The van der Waals surface area contributed by atoms with Gasteiger partial charge in [0.2, 0.25) is 5.91 Å². The summed E-state index contributed by atoms with van der Waals surface area (Å²) in [6.45, 7) is 8.06. The lowest BCUT2D eigenvalue weighted by atomic mass is 10.0. The molecule has 0 fully saturated rings. The molecule has 0 aliphatic heterocycles. The Morgan fingerprint density at radius 2 is 1.65 bits per heavy atom. The Bertz CT molecular complexity index is 1200. The monoisotopic (exact) mass is 584 g/mol. The number of nitrogens with one attached hydrogen (secondary N) is 1. The fourth-order valence-corrected chi connectivity index (χ4v) is 4.71. The number of benzene rings is 3. The first kappa shape index (κ1) is 28.7. The van der Waals surface area contributed by atoms with Gasteiger partial charge in [-0.3, -0.25) is 9.59 Å². The summed E-state index contributed by atoms with van der Waals surface area (Å²) in [6, 6.07) is 22.1. The first-order chi connectivity index (χ1) is 17.6. The van der Waals surface area contributed by atoms with E-state index >= 15 is 0 Å². The van der Waals surface area contributed by atoms with Crippen molar-refractivity contribution in [3.8, 4) is 5.75 Å². The molecule has 2 amide bonds. The lowest BCUT2D eigenvalue weighted by molar-refractivity contribution is -0.143. The highest BCUT2D eigenvalue weighted by molar-refractivity contribution is 9.10. The highest BCUT2D eigenvalue weighted by Crippen LogP contribution is 2.29. The van der Waals surface area contributed by atoms with E-state index in [2.05, 4.69) is 35.1 Å². The maximum absolute atomic E-state index is 13.7. The Morgan fingerprint density at radius 1 is 0.946 bits per heavy atom. The molecule has 0 spiro atoms. The minimum Gasteiger partial charge on any atom is -0.483 e. The summed E-state index contributed by atoms with van der Waals surface area (Å²) in [5.74, 6) is 0.446. The Morgan fingerprint density at radius 3 is 2.27 bits per heavy atom. The Balaban J connectivity index is 1.91. The molecule has 1 atom stereocenters. The van der Waals surface area contributed by atoms with Gasteiger partial charge in [0.05, 0.1) is 4.47 Å². The number of carbonyl (C=O) groups is 2. The Kier molecular flexibility index (Phi) is 10.6. The average molecular weight is 586 g/mol. The fraction of sp³-hybridized carbons (Fsp3) is 0.333. The van der Waals surface area contributed by atoms with Crippen LogP contribution in [0.15, 0.2) is 77.3 Å². The summed E-state index contributed by atoms with van der Waals surface area (Å²) in [4.78, 5) is 28.7. The number of carbonyl (C=O) groups excluding carboxylic acids is 2. The molecule has 0 unspecified atom stereocenters. The molecule has 0 saturated carbocycles. The molecule has 0 aromatic heterocycles. The molecule has 0 bridgehead atoms. The molecule has 1 N–H and O–H groups in total. The second kappa shape index (κ2) is 13.6. The van der Waals surface area contributed by atoms with Crippen LogP contribution in [-0.4, -0.2) is 35.4 Å². The van der Waals surface area contributed by atoms with Crippen molar-refractivity contribution in [2.24, 2.45) is 0 Å². The van der Waals surface area contributed by atoms with E-state index in [9.17, 15) is 9.59 Å². The molecule has 0 radical (unpaired) electrons. The van der Waals surface area contributed by atoms with E-state index in [4.69, 9.17) is 16.3 Å². The number of hydrogen-bond acceptors (Lipinski definition) is 3. The maximum atomic E-state index is 13.7. The van der Waals surface area contributed by atoms with Crippen LogP contribution >= 0.6 is 27.5 Å². The van der Waals surface area contributed by atoms with Crippen LogP contribution in [0.3, 0.4) is 0 Å². The molecule has 7 heteroatoms. The van der Waals surface area contributed by atoms with Crippen molar-refractivity contribution in [3.63, 3.8) is 0 Å². The Labute approximate surface area is 233 Å². The fourth-order valence-electron chi connectivity index (χ4n) is 3.98. The van der Waals surface area contributed by atoms with Gasteiger partial charge in [0, 0.05) is 24.0 Å². The minimum atomic E-state index is -0.730. The second-order valence-corrected chi connectivity index (χ2v) is 10.9. The van der Waals surface area contributed by atoms with Gasteiger partial charge in [0.1, 0.15) is 11.8 Å². The molecule has 3 aromatic rings. The van der Waals surface area contributed by atoms with E-state index in [1.165, 1.54) is 5.56 Å². The molecule has 3 rings (SSSR count). The van der Waals surface area contributed by atoms with Crippen molar-refractivity contribution in [2.75, 3.05) is 6.61 Å². The number of rotatable bonds is 11. The van der Waals surface area contributed by atoms with Crippen molar-refractivity contribution < 1.29 is 14.3 Å². The van der Waals surface area contributed by atoms with Crippen molar-refractivity contribution in [1.82, 2.24) is 10.2 Å². The van der Waals surface area contributed by atoms with E-state index < -0.39 is 6.04 Å². The van der Waals surface area contributed by atoms with E-state index in [0.717, 1.165) is 15.6 Å². The summed E-state index contributed by atoms with van der Waals surface area (Å²) in [7, 11) is 0. The lowest BCUT2D eigenvalue weighted by Crippen LogP contribution is -2.52. The van der Waals surface area contributed by atoms with Gasteiger partial charge in [-0.1, -0.05) is 74.0 Å². The normalized spacial score (nSPS) is 11.9. The third-order valence-electron chi connectivity index (χ3n) is 5.92. The van der Waals surface area contributed by atoms with Gasteiger partial charge in [-0.2, -0.15) is 0 Å². The number of nitrogens with zero attached hydrogens (tertiary/aromatic N) is 1. The molecule has 3 aromatic carbocycles. The van der Waals surface area contributed by atoms with Crippen molar-refractivity contribution in [3.05, 3.63) is 99.0 Å². The zero-order valence-electron chi connectivity index (χ0n) is 21.7. The summed E-state index contributed by atoms with van der Waals surface area (Å²) < 4.78 is 6.72. The minimum absolute atomic E-state index is 0.0689. The zero-order valence-corrected chi connectivity index (χ0v) is 24.1. The Hall–Kier alpha value is -2.83. The van der Waals surface area contributed by atoms with Crippen LogP contribution in [0.5, 0.6) is 5.75 Å². The standard InChI is InChI=1S/C30H34BrClN2O3/c1-20(2)24-13-14-28(26(31)17-24)37-19-29(35)34(18-23-11-8-12-25(32)15-23)27(30(36)33-21(3)4)16-22-9-6-5-7-10-22/h5-15,17,20-21,27H,16,18-19H2,1-4H3,(H,33,36)/t27-/m1/s1. The molecule has 0 aliphatic rings. The van der Waals surface area contributed by atoms with E-state index in [0.29, 0.717) is 23.1 Å². The van der Waals surface area contributed by atoms with E-state index in [1.54, 1.807) is 11.0 Å². The molecule has 0 aliphatic carbocycles. The van der Waals surface area contributed by atoms with Crippen LogP contribution in [0.2, 0.25) is 5.02 Å². The number of ether oxygens (including phenoxy) is 1. The van der Waals surface area contributed by atoms with Crippen LogP contribution < -0.4 is 10.1 Å². The number of halogens is 2. The summed E-state index contributed by atoms with van der Waals surface area (Å²) >= 11 is 9.79. The molecule has 0 saturated heterocycles. The summed E-state index contributed by atoms with van der Waals surface area (Å²) in [5.41, 5.74) is 2.96. The van der Waals surface area contributed by atoms with Crippen molar-refractivity contribution in [1.29, 1.82) is 0 Å². The molecule has 37 heavy (non-hydrogen) atoms. The lowest BCUT2D eigenvalue weighted by Gasteiger charge is -2.32. The first-order valence-electron chi connectivity index (χ1n) is 12.4. The predicted molar refractivity (Wildman–Crippen MR) is 153 cm³/mol. The van der Waals surface area contributed by atoms with Crippen LogP contribution in [0.4, 0.5) is 0 Å². The van der Waals surface area contributed by atoms with Crippen molar-refractivity contribution in [2.45, 2.75) is 58.7 Å². The molecule has 0 heterocycles. The van der Waals surface area contributed by atoms with E-state index in [1.807, 2.05) is 80.6 Å². The third kappa shape index (κ3) is 8.61. The smallest absolute Gasteiger partial charge is 0.261 e. The topological polar surface area (TPSA) is 58.6 Å². The summed E-state index contributed by atoms with van der Waals surface area (Å²) in [5, 5.41) is 3.56. The van der Waals surface area contributed by atoms with Crippen LogP contribution in [0.25, 0.3) is 0 Å². The molecular weight excluding hydrogens is 552 g/mol. The summed E-state index contributed by atoms with van der Waals surface area (Å²) in [6.07, 6.45) is 0.373. The van der Waals surface area contributed by atoms with Gasteiger partial charge in [-0.25, -0.2) is 0 Å². The third-order valence-corrected chi connectivity index (χ3v) is 6.77. The van der Waals surface area contributed by atoms with Gasteiger partial charge >= 0.3 is 0 Å². The van der Waals surface area contributed by atoms with Gasteiger partial charge < -0.3 is 15.0 Å². The van der Waals surface area contributed by atoms with Crippen LogP contribution in [-0.2, 0) is 22.6 Å². The molecule has 5 nitrogen and oxygen atoms in total. The van der Waals surface area contributed by atoms with Crippen LogP contribution in [0, 0.1) is 0 Å². The number of amides is 2. The van der Waals surface area contributed by atoms with Gasteiger partial charge in [-0.15, -0.1) is 0 Å². The number of hydrogen-bond donors (Lipinski definition) is 1. The first-order valence-corrected chi connectivity index (χ1v) is 13.6.